The fraction of sp³-hybridized carbons (Fsp3) is 0. The van der Waals surface area contributed by atoms with Gasteiger partial charge in [0.2, 0.25) is 0 Å². The van der Waals surface area contributed by atoms with Crippen LogP contribution in [0.3, 0.4) is 0 Å². The molecule has 59 heavy (non-hydrogen) atoms. The maximum atomic E-state index is 2.43. The van der Waals surface area contributed by atoms with Gasteiger partial charge in [0.25, 0.3) is 0 Å². The molecule has 0 aliphatic heterocycles. The van der Waals surface area contributed by atoms with Crippen LogP contribution < -0.4 is 9.80 Å². The summed E-state index contributed by atoms with van der Waals surface area (Å²) in [4.78, 5) is 4.62. The van der Waals surface area contributed by atoms with Crippen molar-refractivity contribution in [1.29, 1.82) is 0 Å². The van der Waals surface area contributed by atoms with Gasteiger partial charge in [-0.3, -0.25) is 0 Å². The fourth-order valence-electron chi connectivity index (χ4n) is 8.90. The second kappa shape index (κ2) is 14.6. The Bertz CT molecular complexity index is 2880. The van der Waals surface area contributed by atoms with Crippen molar-refractivity contribution in [3.8, 4) is 27.9 Å². The zero-order chi connectivity index (χ0) is 39.1. The van der Waals surface area contributed by atoms with E-state index in [1.165, 1.54) is 54.8 Å². The molecule has 0 atom stereocenters. The first-order valence-electron chi connectivity index (χ1n) is 20.2. The molecule has 0 aliphatic carbocycles. The smallest absolute Gasteiger partial charge is 0.0547 e. The molecule has 0 fully saturated rings. The average molecular weight is 754 g/mol. The van der Waals surface area contributed by atoms with Crippen LogP contribution >= 0.6 is 0 Å². The Morgan fingerprint density at radius 1 is 0.254 bits per heavy atom. The lowest BCUT2D eigenvalue weighted by Gasteiger charge is -2.25. The van der Waals surface area contributed by atoms with Crippen LogP contribution in [0.25, 0.3) is 60.5 Å². The van der Waals surface area contributed by atoms with Crippen LogP contribution in [0.15, 0.2) is 237 Å². The van der Waals surface area contributed by atoms with Gasteiger partial charge in [-0.05, 0) is 130 Å². The van der Waals surface area contributed by atoms with Gasteiger partial charge in [0.15, 0.2) is 0 Å². The van der Waals surface area contributed by atoms with E-state index in [1.807, 2.05) is 0 Å². The molecule has 0 N–H and O–H groups in total. The van der Waals surface area contributed by atoms with Crippen LogP contribution in [0, 0.1) is 0 Å². The Kier molecular flexibility index (Phi) is 8.49. The molecule has 0 saturated carbocycles. The fourth-order valence-corrected chi connectivity index (χ4v) is 8.90. The van der Waals surface area contributed by atoms with Gasteiger partial charge in [-0.25, -0.2) is 0 Å². The minimum atomic E-state index is 1.12. The quantitative estimate of drug-likeness (QED) is 0.136. The molecule has 278 valence electrons. The lowest BCUT2D eigenvalue weighted by molar-refractivity contribution is 1.18. The summed E-state index contributed by atoms with van der Waals surface area (Å²) in [5.74, 6) is 0. The van der Waals surface area contributed by atoms with Crippen molar-refractivity contribution in [3.05, 3.63) is 237 Å². The maximum absolute atomic E-state index is 2.43. The Hall–Kier alpha value is -7.88. The Morgan fingerprint density at radius 2 is 0.559 bits per heavy atom. The van der Waals surface area contributed by atoms with E-state index in [0.29, 0.717) is 0 Å². The van der Waals surface area contributed by atoms with Crippen molar-refractivity contribution in [2.75, 3.05) is 9.80 Å². The van der Waals surface area contributed by atoms with Crippen LogP contribution in [-0.2, 0) is 0 Å². The average Bonchev–Trinajstić information content (AvgIpc) is 3.66. The summed E-state index contributed by atoms with van der Waals surface area (Å²) in [6.45, 7) is 0. The number of para-hydroxylation sites is 5. The van der Waals surface area contributed by atoms with Crippen LogP contribution in [0.4, 0.5) is 34.1 Å². The normalized spacial score (nSPS) is 11.4. The predicted molar refractivity (Wildman–Crippen MR) is 250 cm³/mol. The van der Waals surface area contributed by atoms with E-state index in [0.717, 1.165) is 39.8 Å². The summed E-state index contributed by atoms with van der Waals surface area (Å²) in [5, 5.41) is 5.07. The SMILES string of the molecule is c1ccc(N(c2ccccc2)c2ccc(-c3ccc4c5c3ccc3c(-c6ccc(N(c7ccccc7)c7ccccc7)cc6)ccc(c35)n4-c3ccccc3)cc2)cc1. The monoisotopic (exact) mass is 753 g/mol. The van der Waals surface area contributed by atoms with Gasteiger partial charge in [0.05, 0.1) is 11.0 Å². The predicted octanol–water partition coefficient (Wildman–Crippen LogP) is 15.6. The van der Waals surface area contributed by atoms with Crippen molar-refractivity contribution in [3.63, 3.8) is 0 Å². The largest absolute Gasteiger partial charge is 0.311 e. The second-order valence-electron chi connectivity index (χ2n) is 15.0. The number of rotatable bonds is 9. The highest BCUT2D eigenvalue weighted by Crippen LogP contribution is 2.46. The summed E-state index contributed by atoms with van der Waals surface area (Å²) in [5.41, 5.74) is 15.1. The summed E-state index contributed by atoms with van der Waals surface area (Å²) in [6.07, 6.45) is 0. The van der Waals surface area contributed by atoms with E-state index in [-0.39, 0.29) is 0 Å². The number of anilines is 6. The zero-order valence-corrected chi connectivity index (χ0v) is 32.4. The van der Waals surface area contributed by atoms with Crippen molar-refractivity contribution >= 4 is 66.7 Å². The molecule has 11 aromatic rings. The van der Waals surface area contributed by atoms with Crippen molar-refractivity contribution in [2.45, 2.75) is 0 Å². The zero-order valence-electron chi connectivity index (χ0n) is 32.4. The van der Waals surface area contributed by atoms with Crippen LogP contribution in [-0.4, -0.2) is 4.57 Å². The van der Waals surface area contributed by atoms with Gasteiger partial charge in [-0.1, -0.05) is 140 Å². The number of nitrogens with zero attached hydrogens (tertiary/aromatic N) is 3. The van der Waals surface area contributed by atoms with Gasteiger partial charge < -0.3 is 14.4 Å². The van der Waals surface area contributed by atoms with Crippen LogP contribution in [0.2, 0.25) is 0 Å². The second-order valence-corrected chi connectivity index (χ2v) is 15.0. The topological polar surface area (TPSA) is 11.4 Å². The van der Waals surface area contributed by atoms with Crippen LogP contribution in [0.5, 0.6) is 0 Å². The molecule has 3 heteroatoms. The first kappa shape index (κ1) is 34.4. The molecular weight excluding hydrogens is 715 g/mol. The summed E-state index contributed by atoms with van der Waals surface area (Å²) >= 11 is 0. The summed E-state index contributed by atoms with van der Waals surface area (Å²) in [7, 11) is 0. The third kappa shape index (κ3) is 6.00. The van der Waals surface area contributed by atoms with Gasteiger partial charge in [0, 0.05) is 50.6 Å². The molecule has 0 unspecified atom stereocenters. The van der Waals surface area contributed by atoms with E-state index in [9.17, 15) is 0 Å². The molecule has 0 radical (unpaired) electrons. The number of benzene rings is 10. The van der Waals surface area contributed by atoms with Crippen molar-refractivity contribution < 1.29 is 0 Å². The van der Waals surface area contributed by atoms with Crippen molar-refractivity contribution in [2.24, 2.45) is 0 Å². The van der Waals surface area contributed by atoms with E-state index in [4.69, 9.17) is 0 Å². The molecule has 3 nitrogen and oxygen atoms in total. The molecule has 0 aliphatic rings. The lowest BCUT2D eigenvalue weighted by atomic mass is 9.91. The van der Waals surface area contributed by atoms with Gasteiger partial charge in [-0.15, -0.1) is 0 Å². The number of aromatic nitrogens is 1. The lowest BCUT2D eigenvalue weighted by Crippen LogP contribution is -2.09. The molecule has 0 saturated heterocycles. The molecule has 1 aromatic heterocycles. The molecule has 1 heterocycles. The summed E-state index contributed by atoms with van der Waals surface area (Å²) < 4.78 is 2.43. The summed E-state index contributed by atoms with van der Waals surface area (Å²) in [6, 6.07) is 85.1. The van der Waals surface area contributed by atoms with Gasteiger partial charge in [-0.2, -0.15) is 0 Å². The van der Waals surface area contributed by atoms with E-state index in [2.05, 4.69) is 251 Å². The maximum Gasteiger partial charge on any atom is 0.0547 e. The minimum absolute atomic E-state index is 1.12. The molecule has 0 bridgehead atoms. The van der Waals surface area contributed by atoms with Gasteiger partial charge >= 0.3 is 0 Å². The number of hydrogen-bond acceptors (Lipinski definition) is 2. The van der Waals surface area contributed by atoms with E-state index in [1.54, 1.807) is 0 Å². The first-order valence-corrected chi connectivity index (χ1v) is 20.2. The Labute approximate surface area is 344 Å². The molecular formula is C56H39N3. The highest BCUT2D eigenvalue weighted by molar-refractivity contribution is 6.28. The molecule has 0 amide bonds. The van der Waals surface area contributed by atoms with Crippen LogP contribution in [0.1, 0.15) is 0 Å². The number of hydrogen-bond donors (Lipinski definition) is 0. The molecule has 10 aromatic carbocycles. The third-order valence-corrected chi connectivity index (χ3v) is 11.5. The first-order chi connectivity index (χ1) is 29.3. The standard InChI is InChI=1S/C56H39N3/c1-6-16-42(17-7-1)57(43-18-8-2-9-19-43)47-30-26-40(27-31-47)49-36-38-53-55-51(49)34-35-52-50(37-39-54(56(52)55)59(53)46-24-14-5-15-25-46)41-28-32-48(33-29-41)58(44-20-10-3-11-21-44)45-22-12-4-13-23-45/h1-39H. The van der Waals surface area contributed by atoms with E-state index < -0.39 is 0 Å². The van der Waals surface area contributed by atoms with Gasteiger partial charge in [0.1, 0.15) is 0 Å². The minimum Gasteiger partial charge on any atom is -0.311 e. The Balaban J connectivity index is 1.04. The molecule has 0 spiro atoms. The Morgan fingerprint density at radius 3 is 0.898 bits per heavy atom. The molecule has 11 rings (SSSR count). The van der Waals surface area contributed by atoms with Crippen molar-refractivity contribution in [1.82, 2.24) is 4.57 Å². The third-order valence-electron chi connectivity index (χ3n) is 11.5. The van der Waals surface area contributed by atoms with E-state index >= 15 is 0 Å². The highest BCUT2D eigenvalue weighted by Gasteiger charge is 2.22. The highest BCUT2D eigenvalue weighted by atomic mass is 15.1.